The van der Waals surface area contributed by atoms with E-state index in [4.69, 9.17) is 18.5 Å². The number of ether oxygens (including phenoxy) is 2. The van der Waals surface area contributed by atoms with E-state index in [-0.39, 0.29) is 25.8 Å². The van der Waals surface area contributed by atoms with Gasteiger partial charge in [0.25, 0.3) is 0 Å². The third kappa shape index (κ3) is 48.4. The molecule has 0 aliphatic carbocycles. The van der Waals surface area contributed by atoms with Gasteiger partial charge in [0.15, 0.2) is 0 Å². The Morgan fingerprint density at radius 1 is 0.458 bits per heavy atom. The van der Waals surface area contributed by atoms with E-state index in [0.29, 0.717) is 24.1 Å². The summed E-state index contributed by atoms with van der Waals surface area (Å²) in [7, 11) is 1.69. The van der Waals surface area contributed by atoms with Crippen molar-refractivity contribution in [2.45, 2.75) is 264 Å². The number of rotatable bonds is 49. The fraction of sp³-hybridized carbons (Fsp3) is 0.980. The van der Waals surface area contributed by atoms with Crippen LogP contribution in [0.3, 0.4) is 0 Å². The van der Waals surface area contributed by atoms with Crippen molar-refractivity contribution in [3.8, 4) is 0 Å². The Balaban J connectivity index is 4.07. The van der Waals surface area contributed by atoms with Crippen molar-refractivity contribution < 1.29 is 37.3 Å². The first-order chi connectivity index (χ1) is 28.6. The number of unbranched alkanes of at least 4 members (excludes halogenated alkanes) is 35. The molecule has 2 atom stereocenters. The van der Waals surface area contributed by atoms with Crippen molar-refractivity contribution in [2.75, 3.05) is 54.1 Å². The lowest BCUT2D eigenvalue weighted by molar-refractivity contribution is -0.870. The van der Waals surface area contributed by atoms with E-state index in [2.05, 4.69) is 13.8 Å². The van der Waals surface area contributed by atoms with Gasteiger partial charge in [-0.05, 0) is 12.8 Å². The van der Waals surface area contributed by atoms with E-state index in [0.717, 1.165) is 32.1 Å². The van der Waals surface area contributed by atoms with Crippen molar-refractivity contribution in [1.29, 1.82) is 0 Å². The highest BCUT2D eigenvalue weighted by Crippen LogP contribution is 2.43. The molecule has 0 fully saturated rings. The van der Waals surface area contributed by atoms with Crippen molar-refractivity contribution in [3.05, 3.63) is 0 Å². The predicted octanol–water partition coefficient (Wildman–Crippen LogP) is 15.6. The maximum absolute atomic E-state index is 12.8. The summed E-state index contributed by atoms with van der Waals surface area (Å²) >= 11 is 0. The van der Waals surface area contributed by atoms with Gasteiger partial charge < -0.3 is 18.9 Å². The summed E-state index contributed by atoms with van der Waals surface area (Å²) in [5.74, 6) is -0.305. The number of carbonyl (C=O) groups is 1. The Morgan fingerprint density at radius 3 is 1.12 bits per heavy atom. The normalized spacial score (nSPS) is 13.5. The Bertz CT molecular complexity index is 914. The summed E-state index contributed by atoms with van der Waals surface area (Å²) < 4.78 is 35.2. The number of phosphoric acid groups is 1. The fourth-order valence-electron chi connectivity index (χ4n) is 7.67. The maximum Gasteiger partial charge on any atom is 0.472 e. The standard InChI is InChI=1S/C50H102NO7P/c1-6-8-10-12-14-16-18-20-22-24-25-26-27-28-29-31-33-35-37-39-41-43-50(52)58-49(48-57-59(53,54)56-46-44-51(3,4)5)47-55-45-42-40-38-36-34-32-30-23-21-19-17-15-13-11-9-7-2/h49H,6-48H2,1-5H3/p+1. The quantitative estimate of drug-likeness (QED) is 0.0282. The Labute approximate surface area is 368 Å². The van der Waals surface area contributed by atoms with Crippen LogP contribution >= 0.6 is 7.82 Å². The third-order valence-electron chi connectivity index (χ3n) is 11.7. The minimum atomic E-state index is -4.27. The molecule has 9 heteroatoms. The van der Waals surface area contributed by atoms with E-state index in [1.165, 1.54) is 205 Å². The van der Waals surface area contributed by atoms with Crippen molar-refractivity contribution in [2.24, 2.45) is 0 Å². The lowest BCUT2D eigenvalue weighted by Gasteiger charge is -2.24. The molecule has 0 aromatic heterocycles. The van der Waals surface area contributed by atoms with Crippen LogP contribution in [-0.4, -0.2) is 75.6 Å². The smallest absolute Gasteiger partial charge is 0.457 e. The monoisotopic (exact) mass is 861 g/mol. The van der Waals surface area contributed by atoms with Gasteiger partial charge >= 0.3 is 13.8 Å². The lowest BCUT2D eigenvalue weighted by Crippen LogP contribution is -2.37. The number of likely N-dealkylation sites (N-methyl/N-ethyl adjacent to an activating group) is 1. The molecular weight excluding hydrogens is 758 g/mol. The minimum Gasteiger partial charge on any atom is -0.457 e. The molecule has 0 aromatic rings. The fourth-order valence-corrected chi connectivity index (χ4v) is 8.42. The van der Waals surface area contributed by atoms with Crippen molar-refractivity contribution in [3.63, 3.8) is 0 Å². The van der Waals surface area contributed by atoms with Gasteiger partial charge in [0.05, 0.1) is 34.4 Å². The molecule has 1 N–H and O–H groups in total. The average Bonchev–Trinajstić information content (AvgIpc) is 3.19. The molecule has 0 bridgehead atoms. The molecule has 0 aromatic carbocycles. The molecule has 2 unspecified atom stereocenters. The van der Waals surface area contributed by atoms with E-state index >= 15 is 0 Å². The number of hydrogen-bond acceptors (Lipinski definition) is 6. The van der Waals surface area contributed by atoms with Crippen LogP contribution in [0.5, 0.6) is 0 Å². The summed E-state index contributed by atoms with van der Waals surface area (Å²) in [6.45, 7) is 5.70. The predicted molar refractivity (Wildman–Crippen MR) is 252 cm³/mol. The maximum atomic E-state index is 12.8. The molecule has 354 valence electrons. The highest BCUT2D eigenvalue weighted by Gasteiger charge is 2.26. The molecule has 8 nitrogen and oxygen atoms in total. The van der Waals surface area contributed by atoms with Crippen molar-refractivity contribution >= 4 is 13.8 Å². The first-order valence-corrected chi connectivity index (χ1v) is 27.3. The van der Waals surface area contributed by atoms with E-state index < -0.39 is 13.9 Å². The van der Waals surface area contributed by atoms with Gasteiger partial charge in [0.2, 0.25) is 0 Å². The van der Waals surface area contributed by atoms with Crippen LogP contribution in [-0.2, 0) is 27.9 Å². The van der Waals surface area contributed by atoms with Gasteiger partial charge in [-0.2, -0.15) is 0 Å². The molecule has 0 saturated heterocycles. The zero-order chi connectivity index (χ0) is 43.4. The number of esters is 1. The molecule has 0 heterocycles. The van der Waals surface area contributed by atoms with E-state index in [9.17, 15) is 14.3 Å². The zero-order valence-corrected chi connectivity index (χ0v) is 41.2. The van der Waals surface area contributed by atoms with Gasteiger partial charge in [-0.25, -0.2) is 4.57 Å². The molecule has 0 rings (SSSR count). The van der Waals surface area contributed by atoms with Gasteiger partial charge in [-0.15, -0.1) is 0 Å². The van der Waals surface area contributed by atoms with Crippen LogP contribution in [0.15, 0.2) is 0 Å². The summed E-state index contributed by atoms with van der Waals surface area (Å²) in [5, 5.41) is 0. The summed E-state index contributed by atoms with van der Waals surface area (Å²) in [6, 6.07) is 0. The topological polar surface area (TPSA) is 91.3 Å². The van der Waals surface area contributed by atoms with Crippen LogP contribution in [0.25, 0.3) is 0 Å². The number of phosphoric ester groups is 1. The number of quaternary nitrogens is 1. The molecular formula is C50H103NO7P+. The Morgan fingerprint density at radius 2 is 0.780 bits per heavy atom. The Hall–Kier alpha value is -0.500. The largest absolute Gasteiger partial charge is 0.472 e. The highest BCUT2D eigenvalue weighted by molar-refractivity contribution is 7.47. The molecule has 0 aliphatic rings. The second-order valence-electron chi connectivity index (χ2n) is 18.9. The minimum absolute atomic E-state index is 0.0942. The molecule has 59 heavy (non-hydrogen) atoms. The molecule has 0 saturated carbocycles. The lowest BCUT2D eigenvalue weighted by atomic mass is 10.0. The van der Waals surface area contributed by atoms with Gasteiger partial charge in [-0.1, -0.05) is 239 Å². The van der Waals surface area contributed by atoms with Gasteiger partial charge in [-0.3, -0.25) is 13.8 Å². The third-order valence-corrected chi connectivity index (χ3v) is 12.7. The van der Waals surface area contributed by atoms with Crippen LogP contribution in [0.4, 0.5) is 0 Å². The molecule has 0 radical (unpaired) electrons. The average molecular weight is 861 g/mol. The first kappa shape index (κ1) is 58.5. The van der Waals surface area contributed by atoms with E-state index in [1.807, 2.05) is 21.1 Å². The number of carbonyl (C=O) groups excluding carboxylic acids is 1. The first-order valence-electron chi connectivity index (χ1n) is 25.8. The summed E-state index contributed by atoms with van der Waals surface area (Å²) in [4.78, 5) is 23.0. The molecule has 0 spiro atoms. The van der Waals surface area contributed by atoms with Crippen molar-refractivity contribution in [1.82, 2.24) is 0 Å². The molecule has 0 amide bonds. The van der Waals surface area contributed by atoms with Crippen LogP contribution in [0.2, 0.25) is 0 Å². The SMILES string of the molecule is CCCCCCCCCCCCCCCCCCCCCCCC(=O)OC(COCCCCCCCCCCCCCCCCCC)COP(=O)(O)OCC[N+](C)(C)C. The second-order valence-corrected chi connectivity index (χ2v) is 20.4. The molecule has 0 aliphatic heterocycles. The van der Waals surface area contributed by atoms with Crippen LogP contribution < -0.4 is 0 Å². The van der Waals surface area contributed by atoms with Gasteiger partial charge in [0, 0.05) is 13.0 Å². The summed E-state index contributed by atoms with van der Waals surface area (Å²) in [5.41, 5.74) is 0. The van der Waals surface area contributed by atoms with Gasteiger partial charge in [0.1, 0.15) is 19.3 Å². The van der Waals surface area contributed by atoms with Crippen LogP contribution in [0.1, 0.15) is 258 Å². The number of nitrogens with zero attached hydrogens (tertiary/aromatic N) is 1. The second kappa shape index (κ2) is 44.1. The highest BCUT2D eigenvalue weighted by atomic mass is 31.2. The van der Waals surface area contributed by atoms with E-state index in [1.54, 1.807) is 0 Å². The number of hydrogen-bond donors (Lipinski definition) is 1. The zero-order valence-electron chi connectivity index (χ0n) is 40.3. The van der Waals surface area contributed by atoms with Crippen LogP contribution in [0, 0.1) is 0 Å². The Kier molecular flexibility index (Phi) is 43.7. The summed E-state index contributed by atoms with van der Waals surface area (Å²) in [6.07, 6.45) is 48.6.